The van der Waals surface area contributed by atoms with E-state index in [1.54, 1.807) is 5.32 Å². The van der Waals surface area contributed by atoms with Gasteiger partial charge in [-0.15, -0.1) is 0 Å². The van der Waals surface area contributed by atoms with Gasteiger partial charge in [-0.3, -0.25) is 14.9 Å². The molecule has 0 aliphatic heterocycles. The monoisotopic (exact) mass is 280 g/mol. The van der Waals surface area contributed by atoms with Crippen LogP contribution in [0.3, 0.4) is 0 Å². The number of nitrogens with zero attached hydrogens (tertiary/aromatic N) is 1. The molecule has 0 bridgehead atoms. The molecule has 0 heterocycles. The van der Waals surface area contributed by atoms with Crippen LogP contribution in [0, 0.1) is 17.0 Å². The number of carbonyl (C=O) groups excluding carboxylic acids is 1. The molecular weight excluding hydrogens is 272 g/mol. The minimum absolute atomic E-state index is 0.226. The Hall–Kier alpha value is -2.19. The number of alkyl halides is 4. The van der Waals surface area contributed by atoms with Crippen molar-refractivity contribution in [1.29, 1.82) is 0 Å². The molecule has 0 saturated carbocycles. The Kier molecular flexibility index (Phi) is 4.07. The lowest BCUT2D eigenvalue weighted by Gasteiger charge is -2.15. The number of hydrogen-bond donors (Lipinski definition) is 1. The van der Waals surface area contributed by atoms with Crippen LogP contribution in [0.25, 0.3) is 0 Å². The van der Waals surface area contributed by atoms with Crippen LogP contribution in [0.4, 0.5) is 28.9 Å². The largest absolute Gasteiger partial charge is 0.383 e. The normalized spacial score (nSPS) is 11.5. The van der Waals surface area contributed by atoms with E-state index in [0.29, 0.717) is 0 Å². The molecule has 0 aliphatic rings. The van der Waals surface area contributed by atoms with Gasteiger partial charge in [0.15, 0.2) is 0 Å². The second kappa shape index (κ2) is 5.21. The van der Waals surface area contributed by atoms with Crippen molar-refractivity contribution in [1.82, 2.24) is 0 Å². The molecule has 0 saturated heterocycles. The summed E-state index contributed by atoms with van der Waals surface area (Å²) in [5.41, 5.74) is -0.551. The summed E-state index contributed by atoms with van der Waals surface area (Å²) in [6.45, 7) is 1.37. The lowest BCUT2D eigenvalue weighted by atomic mass is 10.1. The molecule has 0 aliphatic carbocycles. The molecule has 0 aromatic heterocycles. The maximum atomic E-state index is 12.7. The summed E-state index contributed by atoms with van der Waals surface area (Å²) in [7, 11) is 0. The quantitative estimate of drug-likeness (QED) is 0.523. The van der Waals surface area contributed by atoms with Crippen molar-refractivity contribution in [3.8, 4) is 0 Å². The molecule has 19 heavy (non-hydrogen) atoms. The predicted octanol–water partition coefficient (Wildman–Crippen LogP) is 2.74. The smallest absolute Gasteiger partial charge is 0.320 e. The van der Waals surface area contributed by atoms with E-state index >= 15 is 0 Å². The van der Waals surface area contributed by atoms with Gasteiger partial charge in [-0.25, -0.2) is 8.78 Å². The third kappa shape index (κ3) is 3.18. The molecule has 9 heteroatoms. The van der Waals surface area contributed by atoms with Gasteiger partial charge in [0, 0.05) is 12.1 Å². The van der Waals surface area contributed by atoms with Gasteiger partial charge in [-0.05, 0) is 12.5 Å². The third-order valence-corrected chi connectivity index (χ3v) is 2.26. The number of benzene rings is 1. The highest BCUT2D eigenvalue weighted by Gasteiger charge is 2.49. The molecule has 1 N–H and O–H groups in total. The molecule has 5 nitrogen and oxygen atoms in total. The molecule has 0 spiro atoms. The van der Waals surface area contributed by atoms with Gasteiger partial charge in [0.2, 0.25) is 0 Å². The number of carbonyl (C=O) groups is 1. The minimum Gasteiger partial charge on any atom is -0.320 e. The number of nitro groups is 1. The fourth-order valence-electron chi connectivity index (χ4n) is 1.16. The first-order valence-corrected chi connectivity index (χ1v) is 4.88. The van der Waals surface area contributed by atoms with Gasteiger partial charge < -0.3 is 5.32 Å². The number of anilines is 1. The van der Waals surface area contributed by atoms with Gasteiger partial charge in [0.05, 0.1) is 10.6 Å². The van der Waals surface area contributed by atoms with Crippen LogP contribution in [0.2, 0.25) is 0 Å². The molecule has 1 aromatic carbocycles. The highest BCUT2D eigenvalue weighted by molar-refractivity contribution is 5.97. The van der Waals surface area contributed by atoms with Crippen LogP contribution in [0.15, 0.2) is 18.2 Å². The summed E-state index contributed by atoms with van der Waals surface area (Å²) < 4.78 is 49.4. The number of halogens is 4. The topological polar surface area (TPSA) is 72.2 Å². The molecule has 0 radical (unpaired) electrons. The van der Waals surface area contributed by atoms with Crippen LogP contribution in [0.1, 0.15) is 5.56 Å². The Morgan fingerprint density at radius 3 is 2.47 bits per heavy atom. The van der Waals surface area contributed by atoms with Crippen LogP contribution < -0.4 is 5.32 Å². The van der Waals surface area contributed by atoms with E-state index in [4.69, 9.17) is 0 Å². The Labute approximate surface area is 104 Å². The van der Waals surface area contributed by atoms with E-state index in [9.17, 15) is 32.5 Å². The van der Waals surface area contributed by atoms with Crippen molar-refractivity contribution in [2.75, 3.05) is 5.32 Å². The van der Waals surface area contributed by atoms with Crippen LogP contribution in [-0.2, 0) is 4.79 Å². The molecule has 1 aromatic rings. The maximum absolute atomic E-state index is 12.7. The molecular formula is C10H8F4N2O3. The molecule has 0 fully saturated rings. The van der Waals surface area contributed by atoms with Crippen LogP contribution in [0.5, 0.6) is 0 Å². The number of amides is 1. The number of hydrogen-bond acceptors (Lipinski definition) is 3. The van der Waals surface area contributed by atoms with Gasteiger partial charge in [-0.2, -0.15) is 8.78 Å². The Balaban J connectivity index is 3.03. The third-order valence-electron chi connectivity index (χ3n) is 2.26. The predicted molar refractivity (Wildman–Crippen MR) is 57.4 cm³/mol. The summed E-state index contributed by atoms with van der Waals surface area (Å²) in [6, 6.07) is 3.11. The summed E-state index contributed by atoms with van der Waals surface area (Å²) >= 11 is 0. The van der Waals surface area contributed by atoms with E-state index < -0.39 is 28.9 Å². The first-order chi connectivity index (χ1) is 8.66. The van der Waals surface area contributed by atoms with Crippen molar-refractivity contribution >= 4 is 17.3 Å². The summed E-state index contributed by atoms with van der Waals surface area (Å²) in [4.78, 5) is 20.7. The van der Waals surface area contributed by atoms with Gasteiger partial charge in [0.25, 0.3) is 5.69 Å². The number of nitrogens with one attached hydrogen (secondary N) is 1. The van der Waals surface area contributed by atoms with E-state index in [1.165, 1.54) is 13.0 Å². The minimum atomic E-state index is -4.86. The zero-order valence-corrected chi connectivity index (χ0v) is 9.49. The zero-order chi connectivity index (χ0) is 14.8. The van der Waals surface area contributed by atoms with Gasteiger partial charge in [-0.1, -0.05) is 6.07 Å². The van der Waals surface area contributed by atoms with Crippen LogP contribution in [-0.4, -0.2) is 23.2 Å². The highest BCUT2D eigenvalue weighted by atomic mass is 19.3. The molecule has 104 valence electrons. The average molecular weight is 280 g/mol. The Bertz CT molecular complexity index is 519. The van der Waals surface area contributed by atoms with Crippen molar-refractivity contribution in [2.45, 2.75) is 19.3 Å². The second-order valence-corrected chi connectivity index (χ2v) is 3.63. The SMILES string of the molecule is Cc1ccc([N+](=O)[O-])cc1NC(=O)C(F)(F)C(F)F. The van der Waals surface area contributed by atoms with Crippen molar-refractivity contribution in [2.24, 2.45) is 0 Å². The fraction of sp³-hybridized carbons (Fsp3) is 0.300. The number of non-ortho nitro benzene ring substituents is 1. The number of nitro benzene ring substituents is 1. The number of aryl methyl sites for hydroxylation is 1. The number of rotatable bonds is 4. The first kappa shape index (κ1) is 14.9. The molecule has 1 rings (SSSR count). The van der Waals surface area contributed by atoms with Crippen molar-refractivity contribution in [3.63, 3.8) is 0 Å². The van der Waals surface area contributed by atoms with E-state index in [1.807, 2.05) is 0 Å². The molecule has 1 amide bonds. The van der Waals surface area contributed by atoms with E-state index in [0.717, 1.165) is 12.1 Å². The highest BCUT2D eigenvalue weighted by Crippen LogP contribution is 2.27. The van der Waals surface area contributed by atoms with E-state index in [2.05, 4.69) is 0 Å². The van der Waals surface area contributed by atoms with Crippen molar-refractivity contribution in [3.05, 3.63) is 33.9 Å². The van der Waals surface area contributed by atoms with E-state index in [-0.39, 0.29) is 11.3 Å². The Morgan fingerprint density at radius 1 is 1.42 bits per heavy atom. The average Bonchev–Trinajstić information content (AvgIpc) is 2.31. The summed E-state index contributed by atoms with van der Waals surface area (Å²) in [6.07, 6.45) is -4.16. The van der Waals surface area contributed by atoms with Crippen molar-refractivity contribution < 1.29 is 27.3 Å². The first-order valence-electron chi connectivity index (χ1n) is 4.88. The molecule has 0 unspecified atom stereocenters. The molecule has 0 atom stereocenters. The maximum Gasteiger partial charge on any atom is 0.383 e. The summed E-state index contributed by atoms with van der Waals surface area (Å²) in [5.74, 6) is -7.08. The second-order valence-electron chi connectivity index (χ2n) is 3.63. The fourth-order valence-corrected chi connectivity index (χ4v) is 1.16. The zero-order valence-electron chi connectivity index (χ0n) is 9.49. The van der Waals surface area contributed by atoms with Crippen LogP contribution >= 0.6 is 0 Å². The standard InChI is InChI=1S/C10H8F4N2O3/c1-5-2-3-6(16(18)19)4-7(5)15-9(17)10(13,14)8(11)12/h2-4,8H,1H3,(H,15,17). The lowest BCUT2D eigenvalue weighted by Crippen LogP contribution is -2.41. The van der Waals surface area contributed by atoms with Gasteiger partial charge in [0.1, 0.15) is 0 Å². The summed E-state index contributed by atoms with van der Waals surface area (Å²) in [5, 5.41) is 12.0. The lowest BCUT2D eigenvalue weighted by molar-refractivity contribution is -0.384. The van der Waals surface area contributed by atoms with Gasteiger partial charge >= 0.3 is 18.3 Å². The Morgan fingerprint density at radius 2 is 2.00 bits per heavy atom.